The van der Waals surface area contributed by atoms with Crippen LogP contribution in [0, 0.1) is 28.6 Å². The number of allylic oxidation sites excluding steroid dienone is 4. The monoisotopic (exact) mass is 373 g/mol. The van der Waals surface area contributed by atoms with Crippen molar-refractivity contribution >= 4 is 0 Å². The van der Waals surface area contributed by atoms with Gasteiger partial charge in [-0.1, -0.05) is 110 Å². The maximum absolute atomic E-state index is 10.1. The fourth-order valence-electron chi connectivity index (χ4n) is 4.15. The summed E-state index contributed by atoms with van der Waals surface area (Å²) in [6, 6.07) is 2.74. The molecule has 0 fully saturated rings. The van der Waals surface area contributed by atoms with E-state index in [4.69, 9.17) is 0 Å². The van der Waals surface area contributed by atoms with Gasteiger partial charge < -0.3 is 0 Å². The lowest BCUT2D eigenvalue weighted by molar-refractivity contribution is 0.262. The van der Waals surface area contributed by atoms with E-state index in [2.05, 4.69) is 65.8 Å². The Morgan fingerprint density at radius 1 is 0.963 bits per heavy atom. The molecule has 0 heterocycles. The molecule has 0 aromatic carbocycles. The molecule has 2 atom stereocenters. The summed E-state index contributed by atoms with van der Waals surface area (Å²) in [5, 5.41) is 10.1. The third kappa shape index (κ3) is 9.64. The van der Waals surface area contributed by atoms with Crippen molar-refractivity contribution in [2.24, 2.45) is 17.3 Å². The Kier molecular flexibility index (Phi) is 15.4. The number of nitriles is 1. The molecule has 0 aliphatic heterocycles. The van der Waals surface area contributed by atoms with Crippen LogP contribution in [-0.2, 0) is 0 Å². The minimum atomic E-state index is -0.287. The lowest BCUT2D eigenvalue weighted by atomic mass is 9.67. The standard InChI is InChI=1S/C26H47N/c1-7-11-18-23(5)26(22-27,21-12-8-2)24(6)19-16-14-13-15-17-20-25(9-3)10-4/h14,16,19,23,25H,7-13,15,17-18,20-21H2,1-6H3/b16-14-,24-19+. The molecule has 1 heteroatoms. The molecule has 1 nitrogen and oxygen atoms in total. The van der Waals surface area contributed by atoms with Crippen LogP contribution in [0.4, 0.5) is 0 Å². The van der Waals surface area contributed by atoms with Crippen LogP contribution in [0.3, 0.4) is 0 Å². The predicted molar refractivity (Wildman–Crippen MR) is 122 cm³/mol. The van der Waals surface area contributed by atoms with Gasteiger partial charge in [0.1, 0.15) is 0 Å². The van der Waals surface area contributed by atoms with Crippen molar-refractivity contribution in [1.82, 2.24) is 0 Å². The van der Waals surface area contributed by atoms with Crippen molar-refractivity contribution in [1.29, 1.82) is 5.26 Å². The van der Waals surface area contributed by atoms with Crippen molar-refractivity contribution in [3.8, 4) is 6.07 Å². The topological polar surface area (TPSA) is 23.8 Å². The first kappa shape index (κ1) is 26.0. The van der Waals surface area contributed by atoms with E-state index >= 15 is 0 Å². The molecule has 0 N–H and O–H groups in total. The summed E-state index contributed by atoms with van der Waals surface area (Å²) in [6.07, 6.45) is 21.4. The molecule has 27 heavy (non-hydrogen) atoms. The van der Waals surface area contributed by atoms with Crippen molar-refractivity contribution in [2.75, 3.05) is 0 Å². The SMILES string of the molecule is CCCCC(C)C(C#N)(CCCC)/C(C)=C/C=C\CCCCC(CC)CC. The van der Waals surface area contributed by atoms with E-state index in [1.54, 1.807) is 0 Å². The lowest BCUT2D eigenvalue weighted by Gasteiger charge is -2.34. The minimum Gasteiger partial charge on any atom is -0.197 e. The Morgan fingerprint density at radius 3 is 2.19 bits per heavy atom. The van der Waals surface area contributed by atoms with Crippen molar-refractivity contribution < 1.29 is 0 Å². The second-order valence-corrected chi connectivity index (χ2v) is 8.47. The molecule has 0 bridgehead atoms. The van der Waals surface area contributed by atoms with Crippen LogP contribution in [0.15, 0.2) is 23.8 Å². The molecular weight excluding hydrogens is 326 g/mol. The highest BCUT2D eigenvalue weighted by atomic mass is 14.4. The van der Waals surface area contributed by atoms with E-state index in [1.165, 1.54) is 50.5 Å². The zero-order valence-corrected chi connectivity index (χ0v) is 19.3. The van der Waals surface area contributed by atoms with E-state index in [-0.39, 0.29) is 5.41 Å². The van der Waals surface area contributed by atoms with Crippen LogP contribution in [0.2, 0.25) is 0 Å². The van der Waals surface area contributed by atoms with E-state index in [1.807, 2.05) is 0 Å². The second-order valence-electron chi connectivity index (χ2n) is 8.47. The largest absolute Gasteiger partial charge is 0.197 e. The normalized spacial score (nSPS) is 15.9. The Hall–Kier alpha value is -1.03. The van der Waals surface area contributed by atoms with Gasteiger partial charge in [0, 0.05) is 0 Å². The highest BCUT2D eigenvalue weighted by Gasteiger charge is 2.36. The summed E-state index contributed by atoms with van der Waals surface area (Å²) in [5.41, 5.74) is 0.973. The van der Waals surface area contributed by atoms with Gasteiger partial charge in [-0.15, -0.1) is 0 Å². The number of hydrogen-bond acceptors (Lipinski definition) is 1. The Morgan fingerprint density at radius 2 is 1.63 bits per heavy atom. The first-order valence-corrected chi connectivity index (χ1v) is 11.8. The molecule has 0 amide bonds. The predicted octanol–water partition coefficient (Wildman–Crippen LogP) is 9.01. The molecule has 0 aliphatic carbocycles. The van der Waals surface area contributed by atoms with Crippen LogP contribution in [-0.4, -0.2) is 0 Å². The smallest absolute Gasteiger partial charge is 0.0808 e. The van der Waals surface area contributed by atoms with Crippen LogP contribution in [0.5, 0.6) is 0 Å². The summed E-state index contributed by atoms with van der Waals surface area (Å²) < 4.78 is 0. The van der Waals surface area contributed by atoms with Crippen molar-refractivity contribution in [2.45, 2.75) is 119 Å². The first-order valence-electron chi connectivity index (χ1n) is 11.8. The average molecular weight is 374 g/mol. The van der Waals surface area contributed by atoms with Gasteiger partial charge in [-0.25, -0.2) is 0 Å². The van der Waals surface area contributed by atoms with Crippen LogP contribution in [0.25, 0.3) is 0 Å². The Balaban J connectivity index is 4.80. The number of hydrogen-bond donors (Lipinski definition) is 0. The fourth-order valence-corrected chi connectivity index (χ4v) is 4.15. The quantitative estimate of drug-likeness (QED) is 0.195. The third-order valence-corrected chi connectivity index (χ3v) is 6.53. The summed E-state index contributed by atoms with van der Waals surface area (Å²) in [5.74, 6) is 1.34. The van der Waals surface area contributed by atoms with Gasteiger partial charge in [-0.3, -0.25) is 0 Å². The van der Waals surface area contributed by atoms with Gasteiger partial charge >= 0.3 is 0 Å². The number of rotatable bonds is 16. The molecule has 156 valence electrons. The summed E-state index contributed by atoms with van der Waals surface area (Å²) in [6.45, 7) is 13.5. The maximum atomic E-state index is 10.1. The molecule has 0 aromatic heterocycles. The molecule has 0 saturated carbocycles. The summed E-state index contributed by atoms with van der Waals surface area (Å²) >= 11 is 0. The fraction of sp³-hybridized carbons (Fsp3) is 0.808. The van der Waals surface area contributed by atoms with Gasteiger partial charge in [0.2, 0.25) is 0 Å². The highest BCUT2D eigenvalue weighted by Crippen LogP contribution is 2.42. The van der Waals surface area contributed by atoms with Crippen molar-refractivity contribution in [3.05, 3.63) is 23.8 Å². The third-order valence-electron chi connectivity index (χ3n) is 6.53. The van der Waals surface area contributed by atoms with Gasteiger partial charge in [0.05, 0.1) is 11.5 Å². The molecule has 0 rings (SSSR count). The van der Waals surface area contributed by atoms with Gasteiger partial charge in [0.25, 0.3) is 0 Å². The summed E-state index contributed by atoms with van der Waals surface area (Å²) in [7, 11) is 0. The van der Waals surface area contributed by atoms with Crippen molar-refractivity contribution in [3.63, 3.8) is 0 Å². The molecule has 0 radical (unpaired) electrons. The molecule has 2 unspecified atom stereocenters. The average Bonchev–Trinajstić information content (AvgIpc) is 2.69. The Labute approximate surface area is 171 Å². The van der Waals surface area contributed by atoms with E-state index in [9.17, 15) is 5.26 Å². The lowest BCUT2D eigenvalue weighted by Crippen LogP contribution is -2.29. The van der Waals surface area contributed by atoms with Gasteiger partial charge in [-0.05, 0) is 44.4 Å². The Bertz CT molecular complexity index is 449. The van der Waals surface area contributed by atoms with Gasteiger partial charge in [0.15, 0.2) is 0 Å². The zero-order chi connectivity index (χ0) is 20.5. The highest BCUT2D eigenvalue weighted by molar-refractivity contribution is 5.27. The van der Waals surface area contributed by atoms with E-state index in [0.29, 0.717) is 5.92 Å². The maximum Gasteiger partial charge on any atom is 0.0808 e. The minimum absolute atomic E-state index is 0.287. The van der Waals surface area contributed by atoms with Crippen LogP contribution in [0.1, 0.15) is 119 Å². The molecule has 0 spiro atoms. The first-order chi connectivity index (χ1) is 13.0. The molecular formula is C26H47N. The molecule has 0 aromatic rings. The van der Waals surface area contributed by atoms with Crippen LogP contribution >= 0.6 is 0 Å². The van der Waals surface area contributed by atoms with E-state index < -0.39 is 0 Å². The van der Waals surface area contributed by atoms with Gasteiger partial charge in [-0.2, -0.15) is 5.26 Å². The number of nitrogens with zero attached hydrogens (tertiary/aromatic N) is 1. The molecule has 0 saturated heterocycles. The van der Waals surface area contributed by atoms with E-state index in [0.717, 1.165) is 38.0 Å². The zero-order valence-electron chi connectivity index (χ0n) is 19.3. The summed E-state index contributed by atoms with van der Waals surface area (Å²) in [4.78, 5) is 0. The van der Waals surface area contributed by atoms with Crippen LogP contribution < -0.4 is 0 Å². The number of unbranched alkanes of at least 4 members (excludes halogenated alkanes) is 4. The molecule has 0 aliphatic rings. The second kappa shape index (κ2) is 16.0.